The van der Waals surface area contributed by atoms with Crippen molar-refractivity contribution in [3.05, 3.63) is 42.0 Å². The van der Waals surface area contributed by atoms with E-state index >= 15 is 0 Å². The maximum atomic E-state index is 9.48. The van der Waals surface area contributed by atoms with Crippen LogP contribution in [-0.4, -0.2) is 5.11 Å². The predicted molar refractivity (Wildman–Crippen MR) is 69.8 cm³/mol. The number of phenols is 1. The molecule has 0 amide bonds. The number of benzene rings is 1. The van der Waals surface area contributed by atoms with Gasteiger partial charge in [0.05, 0.1) is 0 Å². The van der Waals surface area contributed by atoms with Crippen molar-refractivity contribution in [2.75, 3.05) is 0 Å². The highest BCUT2D eigenvalue weighted by Crippen LogP contribution is 2.27. The summed E-state index contributed by atoms with van der Waals surface area (Å²) in [5.41, 5.74) is 1.25. The summed E-state index contributed by atoms with van der Waals surface area (Å²) < 4.78 is 0. The van der Waals surface area contributed by atoms with Crippen molar-refractivity contribution < 1.29 is 5.11 Å². The molecule has 0 aliphatic rings. The molecular formula is C15H22O. The first-order valence-corrected chi connectivity index (χ1v) is 6.21. The van der Waals surface area contributed by atoms with Gasteiger partial charge < -0.3 is 5.11 Å². The monoisotopic (exact) mass is 218 g/mol. The van der Waals surface area contributed by atoms with Crippen LogP contribution in [0.25, 0.3) is 0 Å². The van der Waals surface area contributed by atoms with Crippen molar-refractivity contribution in [3.63, 3.8) is 0 Å². The highest BCUT2D eigenvalue weighted by Gasteiger charge is 2.09. The van der Waals surface area contributed by atoms with E-state index in [1.165, 1.54) is 18.4 Å². The van der Waals surface area contributed by atoms with Crippen LogP contribution in [0.3, 0.4) is 0 Å². The van der Waals surface area contributed by atoms with Gasteiger partial charge >= 0.3 is 0 Å². The number of hydrogen-bond acceptors (Lipinski definition) is 1. The maximum absolute atomic E-state index is 9.48. The van der Waals surface area contributed by atoms with Gasteiger partial charge in [0.15, 0.2) is 0 Å². The van der Waals surface area contributed by atoms with Crippen LogP contribution in [0.2, 0.25) is 0 Å². The molecule has 0 heterocycles. The first-order chi connectivity index (χ1) is 7.77. The highest BCUT2D eigenvalue weighted by molar-refractivity contribution is 5.30. The second kappa shape index (κ2) is 7.10. The Kier molecular flexibility index (Phi) is 5.69. The average Bonchev–Trinajstić information content (AvgIpc) is 2.28. The van der Waals surface area contributed by atoms with Crippen molar-refractivity contribution in [3.8, 4) is 5.75 Å². The van der Waals surface area contributed by atoms with E-state index in [4.69, 9.17) is 0 Å². The standard InChI is InChI=1S/C15H22O/c1-3-5-6-9-13(8-4-2)14-10-7-11-15(16)12-14/h5-7,10-13,16H,3-4,8-9H2,1-2H3/b6-5-. The van der Waals surface area contributed by atoms with Crippen LogP contribution in [0, 0.1) is 0 Å². The molecule has 88 valence electrons. The SMILES string of the molecule is CC/C=C\CC(CCC)c1cccc(O)c1. The topological polar surface area (TPSA) is 20.2 Å². The summed E-state index contributed by atoms with van der Waals surface area (Å²) in [4.78, 5) is 0. The molecule has 0 fully saturated rings. The Hall–Kier alpha value is -1.24. The fourth-order valence-electron chi connectivity index (χ4n) is 1.97. The minimum absolute atomic E-state index is 0.373. The molecule has 0 spiro atoms. The minimum atomic E-state index is 0.373. The molecule has 1 aromatic rings. The largest absolute Gasteiger partial charge is 0.508 e. The van der Waals surface area contributed by atoms with Gasteiger partial charge in [0, 0.05) is 0 Å². The zero-order valence-corrected chi connectivity index (χ0v) is 10.3. The normalized spacial score (nSPS) is 13.1. The van der Waals surface area contributed by atoms with Gasteiger partial charge in [-0.25, -0.2) is 0 Å². The molecule has 0 aliphatic heterocycles. The predicted octanol–water partition coefficient (Wildman–Crippen LogP) is 4.63. The van der Waals surface area contributed by atoms with Crippen LogP contribution in [0.15, 0.2) is 36.4 Å². The van der Waals surface area contributed by atoms with E-state index in [1.54, 1.807) is 6.07 Å². The van der Waals surface area contributed by atoms with Gasteiger partial charge in [0.25, 0.3) is 0 Å². The van der Waals surface area contributed by atoms with Crippen LogP contribution < -0.4 is 0 Å². The molecule has 0 bridgehead atoms. The third kappa shape index (κ3) is 4.09. The van der Waals surface area contributed by atoms with E-state index in [-0.39, 0.29) is 0 Å². The smallest absolute Gasteiger partial charge is 0.115 e. The third-order valence-electron chi connectivity index (χ3n) is 2.80. The summed E-state index contributed by atoms with van der Waals surface area (Å²) in [6, 6.07) is 7.66. The summed E-state index contributed by atoms with van der Waals surface area (Å²) in [5, 5.41) is 9.48. The molecule has 16 heavy (non-hydrogen) atoms. The Bertz CT molecular complexity index is 328. The lowest BCUT2D eigenvalue weighted by molar-refractivity contribution is 0.473. The molecule has 1 nitrogen and oxygen atoms in total. The number of allylic oxidation sites excluding steroid dienone is 2. The van der Waals surface area contributed by atoms with E-state index < -0.39 is 0 Å². The summed E-state index contributed by atoms with van der Waals surface area (Å²) in [7, 11) is 0. The summed E-state index contributed by atoms with van der Waals surface area (Å²) in [6.45, 7) is 4.36. The first-order valence-electron chi connectivity index (χ1n) is 6.21. The Labute approximate surface area is 98.8 Å². The Balaban J connectivity index is 2.72. The van der Waals surface area contributed by atoms with E-state index in [2.05, 4.69) is 32.1 Å². The minimum Gasteiger partial charge on any atom is -0.508 e. The van der Waals surface area contributed by atoms with Crippen molar-refractivity contribution in [1.82, 2.24) is 0 Å². The zero-order chi connectivity index (χ0) is 11.8. The van der Waals surface area contributed by atoms with Gasteiger partial charge in [-0.1, -0.05) is 44.6 Å². The number of hydrogen-bond donors (Lipinski definition) is 1. The molecule has 0 saturated heterocycles. The van der Waals surface area contributed by atoms with Crippen LogP contribution in [-0.2, 0) is 0 Å². The van der Waals surface area contributed by atoms with E-state index in [1.807, 2.05) is 12.1 Å². The molecule has 1 unspecified atom stereocenters. The maximum Gasteiger partial charge on any atom is 0.115 e. The number of rotatable bonds is 6. The second-order valence-electron chi connectivity index (χ2n) is 4.20. The number of phenolic OH excluding ortho intramolecular Hbond substituents is 1. The lowest BCUT2D eigenvalue weighted by Gasteiger charge is -2.14. The Morgan fingerprint density at radius 2 is 2.06 bits per heavy atom. The number of aromatic hydroxyl groups is 1. The molecule has 1 heteroatoms. The van der Waals surface area contributed by atoms with Gasteiger partial charge in [-0.3, -0.25) is 0 Å². The fourth-order valence-corrected chi connectivity index (χ4v) is 1.97. The molecule has 0 aliphatic carbocycles. The fraction of sp³-hybridized carbons (Fsp3) is 0.467. The molecule has 1 atom stereocenters. The summed E-state index contributed by atoms with van der Waals surface area (Å²) in [5.74, 6) is 0.915. The molecule has 1 N–H and O–H groups in total. The van der Waals surface area contributed by atoms with Gasteiger partial charge in [0.1, 0.15) is 5.75 Å². The van der Waals surface area contributed by atoms with Crippen molar-refractivity contribution in [1.29, 1.82) is 0 Å². The Morgan fingerprint density at radius 1 is 1.25 bits per heavy atom. The van der Waals surface area contributed by atoms with Gasteiger partial charge in [-0.2, -0.15) is 0 Å². The summed E-state index contributed by atoms with van der Waals surface area (Å²) >= 11 is 0. The lowest BCUT2D eigenvalue weighted by atomic mass is 9.91. The van der Waals surface area contributed by atoms with Crippen molar-refractivity contribution >= 4 is 0 Å². The van der Waals surface area contributed by atoms with E-state index in [9.17, 15) is 5.11 Å². The van der Waals surface area contributed by atoms with E-state index in [0.29, 0.717) is 11.7 Å². The Morgan fingerprint density at radius 3 is 2.69 bits per heavy atom. The summed E-state index contributed by atoms with van der Waals surface area (Å²) in [6.07, 6.45) is 9.00. The van der Waals surface area contributed by atoms with Crippen LogP contribution in [0.5, 0.6) is 5.75 Å². The first kappa shape index (κ1) is 12.8. The van der Waals surface area contributed by atoms with Crippen LogP contribution in [0.1, 0.15) is 51.0 Å². The second-order valence-corrected chi connectivity index (χ2v) is 4.20. The van der Waals surface area contributed by atoms with Crippen molar-refractivity contribution in [2.24, 2.45) is 0 Å². The van der Waals surface area contributed by atoms with Gasteiger partial charge in [-0.15, -0.1) is 0 Å². The molecule has 1 aromatic carbocycles. The van der Waals surface area contributed by atoms with Gasteiger partial charge in [-0.05, 0) is 42.9 Å². The quantitative estimate of drug-likeness (QED) is 0.690. The molecule has 0 radical (unpaired) electrons. The zero-order valence-electron chi connectivity index (χ0n) is 10.3. The van der Waals surface area contributed by atoms with Gasteiger partial charge in [0.2, 0.25) is 0 Å². The average molecular weight is 218 g/mol. The van der Waals surface area contributed by atoms with E-state index in [0.717, 1.165) is 12.8 Å². The van der Waals surface area contributed by atoms with Crippen molar-refractivity contribution in [2.45, 2.75) is 45.4 Å². The molecule has 0 aromatic heterocycles. The third-order valence-corrected chi connectivity index (χ3v) is 2.80. The molecule has 1 rings (SSSR count). The van der Waals surface area contributed by atoms with Crippen LogP contribution >= 0.6 is 0 Å². The molecular weight excluding hydrogens is 196 g/mol. The van der Waals surface area contributed by atoms with Crippen LogP contribution in [0.4, 0.5) is 0 Å². The molecule has 0 saturated carbocycles. The lowest BCUT2D eigenvalue weighted by Crippen LogP contribution is -1.97. The highest BCUT2D eigenvalue weighted by atomic mass is 16.3.